The highest BCUT2D eigenvalue weighted by molar-refractivity contribution is 8.00. The fraction of sp³-hybridized carbons (Fsp3) is 0.0556. The zero-order valence-corrected chi connectivity index (χ0v) is 24.0. The van der Waals surface area contributed by atoms with Gasteiger partial charge < -0.3 is 10.6 Å². The van der Waals surface area contributed by atoms with Crippen LogP contribution in [0.3, 0.4) is 0 Å². The number of nitrogens with one attached hydrogen (secondary N) is 2. The Morgan fingerprint density at radius 1 is 0.651 bits per heavy atom. The van der Waals surface area contributed by atoms with Gasteiger partial charge in [-0.15, -0.1) is 11.8 Å². The maximum Gasteiger partial charge on any atom is 0.255 e. The summed E-state index contributed by atoms with van der Waals surface area (Å²) in [4.78, 5) is 54.2. The number of benzene rings is 5. The van der Waals surface area contributed by atoms with Gasteiger partial charge in [0.1, 0.15) is 5.25 Å². The minimum atomic E-state index is -0.693. The summed E-state index contributed by atoms with van der Waals surface area (Å²) in [6.07, 6.45) is 0. The van der Waals surface area contributed by atoms with E-state index in [2.05, 4.69) is 10.6 Å². The third kappa shape index (κ3) is 5.76. The number of thioether (sulfide) groups is 1. The first-order valence-corrected chi connectivity index (χ1v) is 14.6. The van der Waals surface area contributed by atoms with Crippen molar-refractivity contribution in [3.8, 4) is 0 Å². The minimum absolute atomic E-state index is 0.192. The molecule has 7 heteroatoms. The lowest BCUT2D eigenvalue weighted by Gasteiger charge is -2.22. The number of amides is 2. The standard InChI is InChI=1S/C36H26N2O4S/c1-22-17-19-24(20-18-22)35(41)37-25-11-7-12-26(21-25)43-34(23-9-3-2-4-10-23)36(42)38-30-16-8-15-29-31(30)33(40)28-14-6-5-13-27(28)32(29)39/h2-21,34H,1H3,(H,37,41)(H,38,42). The molecule has 43 heavy (non-hydrogen) atoms. The second-order valence-corrected chi connectivity index (χ2v) is 11.4. The van der Waals surface area contributed by atoms with Gasteiger partial charge in [-0.05, 0) is 48.9 Å². The maximum absolute atomic E-state index is 13.9. The van der Waals surface area contributed by atoms with Crippen LogP contribution in [-0.4, -0.2) is 23.4 Å². The van der Waals surface area contributed by atoms with Gasteiger partial charge in [-0.3, -0.25) is 19.2 Å². The molecule has 1 unspecified atom stereocenters. The first kappa shape index (κ1) is 27.9. The molecule has 1 aliphatic carbocycles. The van der Waals surface area contributed by atoms with E-state index in [1.807, 2.05) is 67.6 Å². The van der Waals surface area contributed by atoms with E-state index in [1.54, 1.807) is 60.7 Å². The topological polar surface area (TPSA) is 92.3 Å². The summed E-state index contributed by atoms with van der Waals surface area (Å²) in [6, 6.07) is 35.6. The number of anilines is 2. The molecular formula is C36H26N2O4S. The van der Waals surface area contributed by atoms with Crippen LogP contribution in [0.25, 0.3) is 0 Å². The lowest BCUT2D eigenvalue weighted by atomic mass is 9.83. The average molecular weight is 583 g/mol. The number of rotatable bonds is 7. The molecule has 0 saturated carbocycles. The molecule has 1 aliphatic rings. The van der Waals surface area contributed by atoms with Crippen molar-refractivity contribution in [3.05, 3.63) is 160 Å². The predicted molar refractivity (Wildman–Crippen MR) is 169 cm³/mol. The lowest BCUT2D eigenvalue weighted by Crippen LogP contribution is -2.25. The molecule has 6 nitrogen and oxygen atoms in total. The van der Waals surface area contributed by atoms with Crippen LogP contribution in [0.4, 0.5) is 11.4 Å². The normalized spacial score (nSPS) is 12.6. The Bertz CT molecular complexity index is 1880. The lowest BCUT2D eigenvalue weighted by molar-refractivity contribution is -0.115. The number of carbonyl (C=O) groups excluding carboxylic acids is 4. The van der Waals surface area contributed by atoms with Crippen LogP contribution in [-0.2, 0) is 4.79 Å². The van der Waals surface area contributed by atoms with Crippen LogP contribution in [0, 0.1) is 6.92 Å². The van der Waals surface area contributed by atoms with E-state index < -0.39 is 5.25 Å². The molecule has 0 bridgehead atoms. The first-order chi connectivity index (χ1) is 20.9. The van der Waals surface area contributed by atoms with Gasteiger partial charge in [-0.2, -0.15) is 0 Å². The summed E-state index contributed by atoms with van der Waals surface area (Å²) in [5.74, 6) is -1.13. The van der Waals surface area contributed by atoms with Crippen LogP contribution in [0.15, 0.2) is 126 Å². The average Bonchev–Trinajstić information content (AvgIpc) is 3.03. The second-order valence-electron chi connectivity index (χ2n) is 10.2. The molecule has 5 aromatic carbocycles. The molecule has 1 atom stereocenters. The number of hydrogen-bond acceptors (Lipinski definition) is 5. The Morgan fingerprint density at radius 2 is 1.30 bits per heavy atom. The SMILES string of the molecule is Cc1ccc(C(=O)Nc2cccc(SC(C(=O)Nc3cccc4c3C(=O)c3ccccc3C4=O)c3ccccc3)c2)cc1. The van der Waals surface area contributed by atoms with Crippen molar-refractivity contribution in [1.82, 2.24) is 0 Å². The third-order valence-electron chi connectivity index (χ3n) is 7.21. The molecule has 5 aromatic rings. The number of hydrogen-bond donors (Lipinski definition) is 2. The van der Waals surface area contributed by atoms with Gasteiger partial charge in [0.15, 0.2) is 11.6 Å². The summed E-state index contributed by atoms with van der Waals surface area (Å²) < 4.78 is 0. The Labute approximate surface area is 253 Å². The van der Waals surface area contributed by atoms with E-state index in [4.69, 9.17) is 0 Å². The molecule has 2 amide bonds. The summed E-state index contributed by atoms with van der Waals surface area (Å²) in [5, 5.41) is 5.18. The van der Waals surface area contributed by atoms with Crippen molar-refractivity contribution < 1.29 is 19.2 Å². The van der Waals surface area contributed by atoms with E-state index in [9.17, 15) is 19.2 Å². The van der Waals surface area contributed by atoms with E-state index >= 15 is 0 Å². The van der Waals surface area contributed by atoms with Gasteiger partial charge in [-0.1, -0.05) is 90.5 Å². The Balaban J connectivity index is 1.27. The van der Waals surface area contributed by atoms with Gasteiger partial charge in [0.2, 0.25) is 5.91 Å². The van der Waals surface area contributed by atoms with Crippen molar-refractivity contribution in [2.75, 3.05) is 10.6 Å². The predicted octanol–water partition coefficient (Wildman–Crippen LogP) is 7.49. The van der Waals surface area contributed by atoms with Crippen molar-refractivity contribution in [1.29, 1.82) is 0 Å². The molecule has 6 rings (SSSR count). The number of carbonyl (C=O) groups is 4. The van der Waals surface area contributed by atoms with Crippen molar-refractivity contribution >= 4 is 46.5 Å². The fourth-order valence-electron chi connectivity index (χ4n) is 5.04. The second kappa shape index (κ2) is 11.9. The highest BCUT2D eigenvalue weighted by atomic mass is 32.2. The third-order valence-corrected chi connectivity index (χ3v) is 8.46. The van der Waals surface area contributed by atoms with Gasteiger partial charge >= 0.3 is 0 Å². The molecule has 0 saturated heterocycles. The summed E-state index contributed by atoms with van der Waals surface area (Å²) >= 11 is 1.32. The number of aryl methyl sites for hydroxylation is 1. The van der Waals surface area contributed by atoms with Gasteiger partial charge in [0.05, 0.1) is 11.3 Å². The molecule has 0 spiro atoms. The quantitative estimate of drug-likeness (QED) is 0.190. The monoisotopic (exact) mass is 582 g/mol. The van der Waals surface area contributed by atoms with Crippen LogP contribution in [0.5, 0.6) is 0 Å². The number of ketones is 2. The molecule has 2 N–H and O–H groups in total. The minimum Gasteiger partial charge on any atom is -0.324 e. The van der Waals surface area contributed by atoms with Crippen molar-refractivity contribution in [3.63, 3.8) is 0 Å². The van der Waals surface area contributed by atoms with E-state index in [0.717, 1.165) is 16.0 Å². The van der Waals surface area contributed by atoms with Gasteiger partial charge in [-0.25, -0.2) is 0 Å². The van der Waals surface area contributed by atoms with Crippen LogP contribution in [0.2, 0.25) is 0 Å². The molecular weight excluding hydrogens is 556 g/mol. The molecule has 0 heterocycles. The largest absolute Gasteiger partial charge is 0.324 e. The highest BCUT2D eigenvalue weighted by Crippen LogP contribution is 2.38. The van der Waals surface area contributed by atoms with E-state index in [-0.39, 0.29) is 40.2 Å². The summed E-state index contributed by atoms with van der Waals surface area (Å²) in [7, 11) is 0. The fourth-order valence-corrected chi connectivity index (χ4v) is 6.12. The number of fused-ring (bicyclic) bond motifs is 2. The van der Waals surface area contributed by atoms with E-state index in [0.29, 0.717) is 22.4 Å². The van der Waals surface area contributed by atoms with Gasteiger partial charge in [0.25, 0.3) is 5.91 Å². The van der Waals surface area contributed by atoms with Crippen LogP contribution in [0.1, 0.15) is 58.6 Å². The van der Waals surface area contributed by atoms with Crippen molar-refractivity contribution in [2.45, 2.75) is 17.1 Å². The Hall–Kier alpha value is -5.27. The smallest absolute Gasteiger partial charge is 0.255 e. The first-order valence-electron chi connectivity index (χ1n) is 13.7. The zero-order chi connectivity index (χ0) is 29.9. The van der Waals surface area contributed by atoms with Crippen molar-refractivity contribution in [2.24, 2.45) is 0 Å². The zero-order valence-electron chi connectivity index (χ0n) is 23.2. The molecule has 0 fully saturated rings. The van der Waals surface area contributed by atoms with Crippen LogP contribution >= 0.6 is 11.8 Å². The molecule has 210 valence electrons. The van der Waals surface area contributed by atoms with Crippen LogP contribution < -0.4 is 10.6 Å². The summed E-state index contributed by atoms with van der Waals surface area (Å²) in [6.45, 7) is 1.96. The van der Waals surface area contributed by atoms with Gasteiger partial charge in [0, 0.05) is 32.8 Å². The Morgan fingerprint density at radius 3 is 2.05 bits per heavy atom. The Kier molecular flexibility index (Phi) is 7.73. The van der Waals surface area contributed by atoms with E-state index in [1.165, 1.54) is 11.8 Å². The molecule has 0 aliphatic heterocycles. The highest BCUT2D eigenvalue weighted by Gasteiger charge is 2.32. The summed E-state index contributed by atoms with van der Waals surface area (Å²) in [5.41, 5.74) is 4.40. The molecule has 0 radical (unpaired) electrons. The maximum atomic E-state index is 13.9. The molecule has 0 aromatic heterocycles.